The molecule has 1 aliphatic carbocycles. The van der Waals surface area contributed by atoms with Crippen molar-refractivity contribution in [3.05, 3.63) is 47.6 Å². The van der Waals surface area contributed by atoms with Crippen LogP contribution < -0.4 is 0 Å². The van der Waals surface area contributed by atoms with Crippen LogP contribution in [0.2, 0.25) is 0 Å². The van der Waals surface area contributed by atoms with E-state index in [-0.39, 0.29) is 74.1 Å². The van der Waals surface area contributed by atoms with Crippen LogP contribution in [0.25, 0.3) is 0 Å². The molecule has 1 saturated carbocycles. The molecule has 66 heavy (non-hydrogen) atoms. The first-order valence-corrected chi connectivity index (χ1v) is 24.0. The fraction of sp³-hybridized carbons (Fsp3) is 0.745. The first kappa shape index (κ1) is 55.2. The van der Waals surface area contributed by atoms with Crippen molar-refractivity contribution in [1.29, 1.82) is 0 Å². The number of hydrogen-bond acceptors (Lipinski definition) is 14. The van der Waals surface area contributed by atoms with Crippen LogP contribution >= 0.6 is 0 Å². The predicted octanol–water partition coefficient (Wildman–Crippen LogP) is 5.50. The number of ether oxygens (including phenoxy) is 5. The van der Waals surface area contributed by atoms with Crippen LogP contribution in [0.4, 0.5) is 0 Å². The number of rotatable bonds is 6. The maximum Gasteiger partial charge on any atom is 0.329 e. The molecule has 2 saturated heterocycles. The van der Waals surface area contributed by atoms with E-state index in [2.05, 4.69) is 0 Å². The highest BCUT2D eigenvalue weighted by molar-refractivity contribution is 6.39. The van der Waals surface area contributed by atoms with E-state index >= 15 is 0 Å². The van der Waals surface area contributed by atoms with Crippen molar-refractivity contribution in [3.8, 4) is 0 Å². The van der Waals surface area contributed by atoms with Crippen molar-refractivity contribution in [3.63, 3.8) is 0 Å². The quantitative estimate of drug-likeness (QED) is 0.147. The smallest absolute Gasteiger partial charge is 0.329 e. The second-order valence-electron chi connectivity index (χ2n) is 19.8. The van der Waals surface area contributed by atoms with E-state index in [1.165, 1.54) is 14.2 Å². The fourth-order valence-corrected chi connectivity index (χ4v) is 10.1. The fourth-order valence-electron chi connectivity index (χ4n) is 10.1. The summed E-state index contributed by atoms with van der Waals surface area (Å²) >= 11 is 0. The summed E-state index contributed by atoms with van der Waals surface area (Å²) in [5.41, 5.74) is 1.08. The number of allylic oxidation sites excluding steroid dienone is 6. The van der Waals surface area contributed by atoms with Gasteiger partial charge in [-0.1, -0.05) is 71.1 Å². The molecule has 2 bridgehead atoms. The zero-order chi connectivity index (χ0) is 49.1. The van der Waals surface area contributed by atoms with E-state index in [0.29, 0.717) is 56.1 Å². The Labute approximate surface area is 392 Å². The van der Waals surface area contributed by atoms with Gasteiger partial charge in [0.1, 0.15) is 30.1 Å². The van der Waals surface area contributed by atoms with Crippen LogP contribution in [0.1, 0.15) is 126 Å². The van der Waals surface area contributed by atoms with Crippen LogP contribution in [0.3, 0.4) is 0 Å². The number of nitrogens with zero attached hydrogens (tertiary/aromatic N) is 1. The molecule has 15 atom stereocenters. The number of aliphatic hydroxyl groups is 4. The van der Waals surface area contributed by atoms with E-state index in [9.17, 15) is 44.4 Å². The van der Waals surface area contributed by atoms with Gasteiger partial charge in [-0.15, -0.1) is 0 Å². The molecule has 0 aromatic carbocycles. The molecule has 4 aliphatic rings. The molecule has 3 fully saturated rings. The van der Waals surface area contributed by atoms with E-state index < -0.39 is 83.5 Å². The van der Waals surface area contributed by atoms with Gasteiger partial charge in [-0.2, -0.15) is 0 Å². The Hall–Kier alpha value is -3.41. The van der Waals surface area contributed by atoms with Gasteiger partial charge in [0.15, 0.2) is 11.6 Å². The van der Waals surface area contributed by atoms with Gasteiger partial charge >= 0.3 is 5.97 Å². The Morgan fingerprint density at radius 3 is 2.24 bits per heavy atom. The molecule has 3 heterocycles. The average Bonchev–Trinajstić information content (AvgIpc) is 3.28. The summed E-state index contributed by atoms with van der Waals surface area (Å²) in [5, 5.41) is 45.6. The highest BCUT2D eigenvalue weighted by atomic mass is 16.7. The van der Waals surface area contributed by atoms with Gasteiger partial charge in [0.2, 0.25) is 5.79 Å². The second-order valence-corrected chi connectivity index (χ2v) is 19.8. The van der Waals surface area contributed by atoms with Crippen LogP contribution in [0.15, 0.2) is 47.6 Å². The van der Waals surface area contributed by atoms with Gasteiger partial charge in [-0.25, -0.2) is 4.79 Å². The molecule has 0 radical (unpaired) electrons. The number of esters is 1. The Morgan fingerprint density at radius 2 is 1.58 bits per heavy atom. The van der Waals surface area contributed by atoms with Crippen molar-refractivity contribution in [1.82, 2.24) is 4.90 Å². The maximum absolute atomic E-state index is 14.4. The highest BCUT2D eigenvalue weighted by Gasteiger charge is 2.57. The average molecular weight is 930 g/mol. The molecule has 1 unspecified atom stereocenters. The summed E-state index contributed by atoms with van der Waals surface area (Å²) in [6.45, 7) is 12.4. The minimum absolute atomic E-state index is 0.0184. The van der Waals surface area contributed by atoms with Crippen molar-refractivity contribution < 1.29 is 68.1 Å². The lowest BCUT2D eigenvalue weighted by Gasteiger charge is -2.46. The molecule has 0 spiro atoms. The highest BCUT2D eigenvalue weighted by Crippen LogP contribution is 2.42. The Balaban J connectivity index is 1.72. The van der Waals surface area contributed by atoms with E-state index in [4.69, 9.17) is 23.7 Å². The summed E-state index contributed by atoms with van der Waals surface area (Å²) < 4.78 is 29.0. The summed E-state index contributed by atoms with van der Waals surface area (Å²) in [4.78, 5) is 71.8. The number of piperidine rings is 1. The number of carbonyl (C=O) groups excluding carboxylic acids is 5. The molecular weight excluding hydrogens is 851 g/mol. The van der Waals surface area contributed by atoms with Gasteiger partial charge < -0.3 is 49.0 Å². The number of cyclic esters (lactones) is 1. The van der Waals surface area contributed by atoms with Crippen molar-refractivity contribution in [2.24, 2.45) is 35.5 Å². The lowest BCUT2D eigenvalue weighted by Crippen LogP contribution is -2.63. The van der Waals surface area contributed by atoms with Crippen LogP contribution in [0, 0.1) is 35.5 Å². The molecule has 15 heteroatoms. The third kappa shape index (κ3) is 14.1. The molecule has 0 aromatic heterocycles. The van der Waals surface area contributed by atoms with Gasteiger partial charge in [-0.05, 0) is 101 Å². The van der Waals surface area contributed by atoms with Gasteiger partial charge in [0.25, 0.3) is 11.7 Å². The zero-order valence-corrected chi connectivity index (χ0v) is 41.0. The summed E-state index contributed by atoms with van der Waals surface area (Å²) in [6.07, 6.45) is 9.52. The standard InChI is InChI=1S/C51H79NO14/c1-30-16-12-11-13-17-31(2)43(63-9)29-50(60)22-21-36(7)51(61,66-50)47(57)48(58)52-23-15-14-18-38(52)49(59)65-41(33(4)26-37-19-20-39(53)42(27-37)62-8)28-40(54)32(3)25-35(6)45(56)46(64-10)44(55)34(5)24-30/h11-13,16-17,25,30,32-34,36-39,41-43,45-46,53,56,60-61H,14-15,18-24,26-29H2,1-10H3/b13-11+,16-12+,31-17+,35-25+/t30-,32-,33-,34-,36-,37+,38+,39-,41+,42-,43+,45-,46+,50?,51-/m1/s1. The number of hydrogen-bond donors (Lipinski definition) is 4. The molecule has 4 N–H and O–H groups in total. The number of methoxy groups -OCH3 is 3. The van der Waals surface area contributed by atoms with E-state index in [1.54, 1.807) is 53.0 Å². The number of amides is 1. The van der Waals surface area contributed by atoms with Crippen LogP contribution in [-0.4, -0.2) is 137 Å². The van der Waals surface area contributed by atoms with Gasteiger partial charge in [0.05, 0.1) is 18.3 Å². The Bertz CT molecular complexity index is 1810. The predicted molar refractivity (Wildman–Crippen MR) is 246 cm³/mol. The van der Waals surface area contributed by atoms with Crippen molar-refractivity contribution in [2.45, 2.75) is 180 Å². The topological polar surface area (TPSA) is 216 Å². The number of fused-ring (bicyclic) bond motifs is 3. The molecule has 0 aromatic rings. The summed E-state index contributed by atoms with van der Waals surface area (Å²) in [5.74, 6) is -11.0. The molecule has 15 nitrogen and oxygen atoms in total. The maximum atomic E-state index is 14.4. The first-order chi connectivity index (χ1) is 31.1. The third-order valence-corrected chi connectivity index (χ3v) is 14.6. The largest absolute Gasteiger partial charge is 0.460 e. The Morgan fingerprint density at radius 1 is 0.864 bits per heavy atom. The molecule has 372 valence electrons. The second kappa shape index (κ2) is 24.7. The minimum atomic E-state index is -2.72. The molecular formula is C51H79NO14. The molecule has 1 amide bonds. The number of Topliss-reactive ketones (excluding diaryl/α,β-unsaturated/α-hetero) is 3. The normalized spacial score (nSPS) is 41.1. The summed E-state index contributed by atoms with van der Waals surface area (Å²) in [6, 6.07) is -1.21. The molecule has 4 rings (SSSR count). The number of aliphatic hydroxyl groups excluding tert-OH is 2. The molecule has 3 aliphatic heterocycles. The summed E-state index contributed by atoms with van der Waals surface area (Å²) in [7, 11) is 4.39. The van der Waals surface area contributed by atoms with E-state index in [0.717, 1.165) is 4.90 Å². The monoisotopic (exact) mass is 930 g/mol. The lowest BCUT2D eigenvalue weighted by molar-refractivity contribution is -0.360. The van der Waals surface area contributed by atoms with Crippen molar-refractivity contribution >= 4 is 29.2 Å². The van der Waals surface area contributed by atoms with Crippen LogP contribution in [-0.2, 0) is 47.7 Å². The minimum Gasteiger partial charge on any atom is -0.460 e. The number of carbonyl (C=O) groups is 5. The lowest BCUT2D eigenvalue weighted by atomic mass is 9.78. The van der Waals surface area contributed by atoms with E-state index in [1.807, 2.05) is 39.0 Å². The van der Waals surface area contributed by atoms with Gasteiger partial charge in [0, 0.05) is 64.9 Å². The van der Waals surface area contributed by atoms with Crippen LogP contribution in [0.5, 0.6) is 0 Å². The third-order valence-electron chi connectivity index (χ3n) is 14.6. The van der Waals surface area contributed by atoms with Gasteiger partial charge in [-0.3, -0.25) is 19.2 Å². The first-order valence-electron chi connectivity index (χ1n) is 24.0. The zero-order valence-electron chi connectivity index (χ0n) is 41.0. The van der Waals surface area contributed by atoms with Crippen molar-refractivity contribution in [2.75, 3.05) is 27.9 Å². The Kier molecular flexibility index (Phi) is 20.7. The number of ketones is 3. The SMILES string of the molecule is CO[C@H]1CC2(O)CC[C@@H](C)[C@@](O)(O2)C(=O)C(=O)N2CCCC[C@H]2C(=O)O[C@H]([C@H](C)C[C@@H]2CC[C@@H](O)[C@H](OC)C2)CC(=O)[C@H](C)/C=C(\C)[C@@H](O)[C@@H](OC)C(=O)[C@H](C)C[C@H](C)/C=C/C=C/C=C/1C.